The van der Waals surface area contributed by atoms with E-state index in [1.54, 1.807) is 11.4 Å². The largest absolute Gasteiger partial charge is 0.465 e. The third kappa shape index (κ3) is 3.69. The quantitative estimate of drug-likeness (QED) is 0.462. The molecule has 1 aliphatic rings. The molecule has 3 rings (SSSR count). The van der Waals surface area contributed by atoms with Gasteiger partial charge in [-0.25, -0.2) is 4.79 Å². The van der Waals surface area contributed by atoms with Gasteiger partial charge < -0.3 is 15.0 Å². The van der Waals surface area contributed by atoms with Gasteiger partial charge in [-0.05, 0) is 23.6 Å². The van der Waals surface area contributed by atoms with E-state index in [9.17, 15) is 28.9 Å². The maximum absolute atomic E-state index is 13.5. The third-order valence-electron chi connectivity index (χ3n) is 4.23. The first-order chi connectivity index (χ1) is 13.3. The van der Waals surface area contributed by atoms with E-state index in [2.05, 4.69) is 10.1 Å². The molecule has 2 aromatic rings. The molecule has 1 fully saturated rings. The molecular weight excluding hydrogens is 393 g/mol. The maximum atomic E-state index is 13.5. The van der Waals surface area contributed by atoms with Crippen molar-refractivity contribution in [2.24, 2.45) is 5.92 Å². The average Bonchev–Trinajstić information content (AvgIpc) is 3.28. The van der Waals surface area contributed by atoms with Crippen LogP contribution in [0.1, 0.15) is 16.1 Å². The maximum Gasteiger partial charge on any atom is 0.350 e. The lowest BCUT2D eigenvalue weighted by atomic mass is 10.1. The molecule has 146 valence electrons. The highest BCUT2D eigenvalue weighted by Gasteiger charge is 2.36. The van der Waals surface area contributed by atoms with E-state index in [0.29, 0.717) is 0 Å². The van der Waals surface area contributed by atoms with Crippen LogP contribution < -0.4 is 10.2 Å². The summed E-state index contributed by atoms with van der Waals surface area (Å²) in [6.07, 6.45) is -0.116. The number of carbonyl (C=O) groups excluding carboxylic acids is 3. The molecule has 1 aromatic heterocycles. The summed E-state index contributed by atoms with van der Waals surface area (Å²) in [6.45, 7) is -0.0227. The molecule has 0 radical (unpaired) electrons. The summed E-state index contributed by atoms with van der Waals surface area (Å²) in [4.78, 5) is 47.9. The predicted octanol–water partition coefficient (Wildman–Crippen LogP) is 2.57. The first-order valence-corrected chi connectivity index (χ1v) is 8.90. The second kappa shape index (κ2) is 7.72. The van der Waals surface area contributed by atoms with Crippen LogP contribution in [0.4, 0.5) is 21.5 Å². The second-order valence-electron chi connectivity index (χ2n) is 5.94. The van der Waals surface area contributed by atoms with Crippen LogP contribution in [0.5, 0.6) is 0 Å². The number of methoxy groups -OCH3 is 1. The number of hydrogen-bond acceptors (Lipinski definition) is 7. The molecule has 9 nitrogen and oxygen atoms in total. The van der Waals surface area contributed by atoms with E-state index in [4.69, 9.17) is 0 Å². The van der Waals surface area contributed by atoms with Gasteiger partial charge in [0.15, 0.2) is 0 Å². The smallest absolute Gasteiger partial charge is 0.350 e. The fourth-order valence-corrected chi connectivity index (χ4v) is 3.60. The topological polar surface area (TPSA) is 119 Å². The van der Waals surface area contributed by atoms with Crippen LogP contribution in [0, 0.1) is 21.8 Å². The van der Waals surface area contributed by atoms with Gasteiger partial charge in [-0.2, -0.15) is 4.39 Å². The van der Waals surface area contributed by atoms with Crippen LogP contribution in [0.25, 0.3) is 0 Å². The molecule has 1 aliphatic heterocycles. The summed E-state index contributed by atoms with van der Waals surface area (Å²) < 4.78 is 18.2. The average molecular weight is 407 g/mol. The van der Waals surface area contributed by atoms with Crippen molar-refractivity contribution in [1.82, 2.24) is 0 Å². The predicted molar refractivity (Wildman–Crippen MR) is 97.8 cm³/mol. The van der Waals surface area contributed by atoms with Gasteiger partial charge in [-0.3, -0.25) is 19.7 Å². The van der Waals surface area contributed by atoms with Gasteiger partial charge in [0, 0.05) is 19.0 Å². The van der Waals surface area contributed by atoms with Gasteiger partial charge in [0.05, 0.1) is 29.3 Å². The normalized spacial score (nSPS) is 16.1. The van der Waals surface area contributed by atoms with Crippen LogP contribution in [0.15, 0.2) is 29.6 Å². The van der Waals surface area contributed by atoms with Crippen molar-refractivity contribution in [2.45, 2.75) is 6.42 Å². The zero-order valence-corrected chi connectivity index (χ0v) is 15.3. The number of anilines is 2. The summed E-state index contributed by atoms with van der Waals surface area (Å²) in [5.74, 6) is -3.23. The Hall–Kier alpha value is -3.34. The molecule has 0 bridgehead atoms. The van der Waals surface area contributed by atoms with Crippen molar-refractivity contribution in [3.8, 4) is 0 Å². The molecule has 2 heterocycles. The van der Waals surface area contributed by atoms with E-state index < -0.39 is 40.1 Å². The Labute approximate surface area is 161 Å². The minimum atomic E-state index is -1.01. The summed E-state index contributed by atoms with van der Waals surface area (Å²) >= 11 is 1.10. The van der Waals surface area contributed by atoms with Crippen LogP contribution in [-0.2, 0) is 14.3 Å². The van der Waals surface area contributed by atoms with Gasteiger partial charge in [0.2, 0.25) is 17.6 Å². The Balaban J connectivity index is 1.75. The zero-order chi connectivity index (χ0) is 20.4. The van der Waals surface area contributed by atoms with E-state index >= 15 is 0 Å². The number of nitro benzene ring substituents is 1. The summed E-state index contributed by atoms with van der Waals surface area (Å²) in [5.41, 5.74) is -0.330. The molecule has 28 heavy (non-hydrogen) atoms. The zero-order valence-electron chi connectivity index (χ0n) is 14.5. The van der Waals surface area contributed by atoms with Crippen molar-refractivity contribution in [3.63, 3.8) is 0 Å². The molecule has 11 heteroatoms. The molecule has 1 saturated heterocycles. The highest BCUT2D eigenvalue weighted by Crippen LogP contribution is 2.31. The first kappa shape index (κ1) is 19.4. The Bertz CT molecular complexity index is 976. The number of nitrogens with zero attached hydrogens (tertiary/aromatic N) is 2. The number of thiophene rings is 1. The van der Waals surface area contributed by atoms with E-state index in [-0.39, 0.29) is 29.2 Å². The number of amides is 2. The summed E-state index contributed by atoms with van der Waals surface area (Å²) in [6, 6.07) is 4.66. The second-order valence-corrected chi connectivity index (χ2v) is 6.86. The summed E-state index contributed by atoms with van der Waals surface area (Å²) in [7, 11) is 1.23. The Morgan fingerprint density at radius 3 is 2.82 bits per heavy atom. The number of rotatable bonds is 5. The summed E-state index contributed by atoms with van der Waals surface area (Å²) in [5, 5.41) is 15.1. The Morgan fingerprint density at radius 1 is 1.39 bits per heavy atom. The van der Waals surface area contributed by atoms with Gasteiger partial charge in [0.1, 0.15) is 4.88 Å². The van der Waals surface area contributed by atoms with Crippen LogP contribution in [0.3, 0.4) is 0 Å². The Kier molecular flexibility index (Phi) is 5.36. The van der Waals surface area contributed by atoms with Crippen molar-refractivity contribution >= 4 is 46.2 Å². The van der Waals surface area contributed by atoms with Crippen LogP contribution in [-0.4, -0.2) is 36.4 Å². The van der Waals surface area contributed by atoms with Crippen LogP contribution >= 0.6 is 11.3 Å². The van der Waals surface area contributed by atoms with Crippen molar-refractivity contribution in [1.29, 1.82) is 0 Å². The molecule has 0 aliphatic carbocycles. The number of hydrogen-bond donors (Lipinski definition) is 1. The number of benzene rings is 1. The number of nitrogens with one attached hydrogen (secondary N) is 1. The highest BCUT2D eigenvalue weighted by molar-refractivity contribution is 7.12. The molecule has 0 saturated carbocycles. The number of halogens is 1. The molecular formula is C17H14FN3O6S. The van der Waals surface area contributed by atoms with Crippen molar-refractivity contribution < 1.29 is 28.4 Å². The van der Waals surface area contributed by atoms with Crippen LogP contribution in [0.2, 0.25) is 0 Å². The lowest BCUT2D eigenvalue weighted by molar-refractivity contribution is -0.387. The molecule has 1 unspecified atom stereocenters. The lowest BCUT2D eigenvalue weighted by Crippen LogP contribution is -2.28. The fraction of sp³-hybridized carbons (Fsp3) is 0.235. The number of nitro groups is 1. The molecule has 1 N–H and O–H groups in total. The monoisotopic (exact) mass is 407 g/mol. The third-order valence-corrected chi connectivity index (χ3v) is 5.12. The van der Waals surface area contributed by atoms with Gasteiger partial charge >= 0.3 is 11.7 Å². The van der Waals surface area contributed by atoms with Gasteiger partial charge in [-0.1, -0.05) is 0 Å². The minimum absolute atomic E-state index is 0.0227. The standard InChI is InChI=1S/C17H14FN3O6S/c1-27-17(24)15-12(4-5-28-15)19-16(23)9-6-14(22)20(8-9)10-2-3-11(18)13(7-10)21(25)26/h2-5,7,9H,6,8H2,1H3,(H,19,23). The molecule has 0 spiro atoms. The number of carbonyl (C=O) groups is 3. The van der Waals surface area contributed by atoms with E-state index in [1.165, 1.54) is 18.1 Å². The first-order valence-electron chi connectivity index (χ1n) is 8.02. The van der Waals surface area contributed by atoms with Crippen molar-refractivity contribution in [3.05, 3.63) is 50.5 Å². The Morgan fingerprint density at radius 2 is 2.14 bits per heavy atom. The van der Waals surface area contributed by atoms with Gasteiger partial charge in [-0.15, -0.1) is 11.3 Å². The highest BCUT2D eigenvalue weighted by atomic mass is 32.1. The van der Waals surface area contributed by atoms with E-state index in [1.807, 2.05) is 0 Å². The SMILES string of the molecule is COC(=O)c1sccc1NC(=O)C1CC(=O)N(c2ccc(F)c([N+](=O)[O-])c2)C1. The fourth-order valence-electron chi connectivity index (χ4n) is 2.83. The van der Waals surface area contributed by atoms with Crippen molar-refractivity contribution in [2.75, 3.05) is 23.9 Å². The number of ether oxygens (including phenoxy) is 1. The minimum Gasteiger partial charge on any atom is -0.465 e. The number of esters is 1. The molecule has 1 aromatic carbocycles. The lowest BCUT2D eigenvalue weighted by Gasteiger charge is -2.16. The van der Waals surface area contributed by atoms with E-state index in [0.717, 1.165) is 23.5 Å². The van der Waals surface area contributed by atoms with Gasteiger partial charge in [0.25, 0.3) is 0 Å². The molecule has 1 atom stereocenters. The molecule has 2 amide bonds.